The summed E-state index contributed by atoms with van der Waals surface area (Å²) < 4.78 is 2.36. The Balaban J connectivity index is 1.49. The molecule has 1 aliphatic heterocycles. The number of fused-ring (bicyclic) bond motifs is 1. The van der Waals surface area contributed by atoms with Crippen LogP contribution < -0.4 is 0 Å². The van der Waals surface area contributed by atoms with Crippen LogP contribution in [0.15, 0.2) is 18.3 Å². The molecule has 0 aromatic carbocycles. The Bertz CT molecular complexity index is 732. The number of thioether (sulfide) groups is 1. The van der Waals surface area contributed by atoms with E-state index in [9.17, 15) is 4.79 Å². The minimum Gasteiger partial charge on any atom is -0.342 e. The Morgan fingerprint density at radius 2 is 1.96 bits per heavy atom. The smallest absolute Gasteiger partial charge is 0.232 e. The molecule has 5 nitrogen and oxygen atoms in total. The summed E-state index contributed by atoms with van der Waals surface area (Å²) in [6.07, 6.45) is 10.5. The van der Waals surface area contributed by atoms with Crippen LogP contribution in [0.25, 0.3) is 11.2 Å². The van der Waals surface area contributed by atoms with Crippen molar-refractivity contribution in [1.29, 1.82) is 0 Å². The lowest BCUT2D eigenvalue weighted by atomic mass is 9.95. The highest BCUT2D eigenvalue weighted by Gasteiger charge is 2.23. The van der Waals surface area contributed by atoms with E-state index in [2.05, 4.69) is 9.55 Å². The van der Waals surface area contributed by atoms with Crippen molar-refractivity contribution in [3.8, 4) is 0 Å². The van der Waals surface area contributed by atoms with Gasteiger partial charge < -0.3 is 9.47 Å². The van der Waals surface area contributed by atoms with Crippen molar-refractivity contribution < 1.29 is 4.79 Å². The van der Waals surface area contributed by atoms with Crippen LogP contribution in [-0.4, -0.2) is 44.2 Å². The Kier molecular flexibility index (Phi) is 5.25. The molecule has 2 aliphatic rings. The molecule has 0 atom stereocenters. The van der Waals surface area contributed by atoms with Gasteiger partial charge >= 0.3 is 0 Å². The topological polar surface area (TPSA) is 51.0 Å². The Morgan fingerprint density at radius 1 is 1.16 bits per heavy atom. The highest BCUT2D eigenvalue weighted by Crippen LogP contribution is 2.32. The van der Waals surface area contributed by atoms with E-state index < -0.39 is 0 Å². The van der Waals surface area contributed by atoms with Gasteiger partial charge in [-0.3, -0.25) is 4.79 Å². The number of pyridine rings is 1. The number of nitrogens with zero attached hydrogens (tertiary/aromatic N) is 4. The molecule has 1 aliphatic carbocycles. The Labute approximate surface area is 153 Å². The second-order valence-electron chi connectivity index (χ2n) is 7.12. The average Bonchev–Trinajstić information content (AvgIpc) is 3.30. The summed E-state index contributed by atoms with van der Waals surface area (Å²) in [4.78, 5) is 23.7. The third kappa shape index (κ3) is 3.68. The van der Waals surface area contributed by atoms with Crippen molar-refractivity contribution in [2.45, 2.75) is 56.7 Å². The summed E-state index contributed by atoms with van der Waals surface area (Å²) >= 11 is 1.69. The van der Waals surface area contributed by atoms with Crippen molar-refractivity contribution in [3.63, 3.8) is 0 Å². The van der Waals surface area contributed by atoms with Gasteiger partial charge in [-0.05, 0) is 37.8 Å². The maximum absolute atomic E-state index is 12.3. The molecule has 2 aromatic heterocycles. The number of amides is 1. The number of imidazole rings is 1. The highest BCUT2D eigenvalue weighted by molar-refractivity contribution is 7.99. The minimum atomic E-state index is 0.279. The fourth-order valence-electron chi connectivity index (χ4n) is 4.09. The molecule has 0 unspecified atom stereocenters. The highest BCUT2D eigenvalue weighted by atomic mass is 32.2. The first-order valence-corrected chi connectivity index (χ1v) is 10.7. The molecule has 0 spiro atoms. The largest absolute Gasteiger partial charge is 0.342 e. The van der Waals surface area contributed by atoms with Crippen LogP contribution in [0, 0.1) is 0 Å². The van der Waals surface area contributed by atoms with Crippen molar-refractivity contribution >= 4 is 28.8 Å². The summed E-state index contributed by atoms with van der Waals surface area (Å²) in [5.41, 5.74) is 1.99. The normalized spacial score (nSPS) is 19.0. The molecule has 3 heterocycles. The third-order valence-corrected chi connectivity index (χ3v) is 6.29. The van der Waals surface area contributed by atoms with Gasteiger partial charge in [0.15, 0.2) is 5.65 Å². The molecule has 25 heavy (non-hydrogen) atoms. The van der Waals surface area contributed by atoms with Gasteiger partial charge in [0.1, 0.15) is 11.3 Å². The van der Waals surface area contributed by atoms with E-state index >= 15 is 0 Å². The van der Waals surface area contributed by atoms with Crippen LogP contribution in [0.3, 0.4) is 0 Å². The number of likely N-dealkylation sites (tertiary alicyclic amines) is 1. The van der Waals surface area contributed by atoms with E-state index in [0.717, 1.165) is 48.7 Å². The first-order valence-electron chi connectivity index (χ1n) is 9.50. The second-order valence-corrected chi connectivity index (χ2v) is 8.10. The molecule has 4 rings (SSSR count). The van der Waals surface area contributed by atoms with Gasteiger partial charge in [-0.15, -0.1) is 11.8 Å². The lowest BCUT2D eigenvalue weighted by molar-refractivity contribution is -0.127. The number of hydrogen-bond acceptors (Lipinski definition) is 4. The number of hydrogen-bond donors (Lipinski definition) is 0. The summed E-state index contributed by atoms with van der Waals surface area (Å²) in [7, 11) is 0. The van der Waals surface area contributed by atoms with Crippen LogP contribution in [0.2, 0.25) is 0 Å². The van der Waals surface area contributed by atoms with Gasteiger partial charge in [-0.25, -0.2) is 9.97 Å². The molecular formula is C19H26N4OS. The van der Waals surface area contributed by atoms with Crippen LogP contribution in [0.5, 0.6) is 0 Å². The first kappa shape index (κ1) is 16.9. The van der Waals surface area contributed by atoms with E-state index in [1.165, 1.54) is 32.1 Å². The molecule has 2 fully saturated rings. The zero-order chi connectivity index (χ0) is 17.1. The molecule has 0 N–H and O–H groups in total. The van der Waals surface area contributed by atoms with Crippen LogP contribution in [0.4, 0.5) is 0 Å². The van der Waals surface area contributed by atoms with Gasteiger partial charge in [0, 0.05) is 25.3 Å². The maximum Gasteiger partial charge on any atom is 0.232 e. The Hall–Kier alpha value is -1.56. The van der Waals surface area contributed by atoms with Crippen molar-refractivity contribution in [1.82, 2.24) is 19.4 Å². The standard InChI is InChI=1S/C19H26N4OS/c24-18(22-11-4-5-12-22)14-25-13-17-21-16-9-6-10-20-19(16)23(17)15-7-2-1-3-8-15/h6,9-10,15H,1-5,7-8,11-14H2. The van der Waals surface area contributed by atoms with Gasteiger partial charge in [-0.2, -0.15) is 0 Å². The first-order chi connectivity index (χ1) is 12.3. The maximum atomic E-state index is 12.3. The predicted molar refractivity (Wildman–Crippen MR) is 102 cm³/mol. The fraction of sp³-hybridized carbons (Fsp3) is 0.632. The number of rotatable bonds is 5. The van der Waals surface area contributed by atoms with E-state index in [1.54, 1.807) is 11.8 Å². The molecule has 1 saturated heterocycles. The van der Waals surface area contributed by atoms with Crippen LogP contribution >= 0.6 is 11.8 Å². The second kappa shape index (κ2) is 7.77. The monoisotopic (exact) mass is 358 g/mol. The summed E-state index contributed by atoms with van der Waals surface area (Å²) in [5, 5.41) is 0. The number of carbonyl (C=O) groups is 1. The van der Waals surface area contributed by atoms with Gasteiger partial charge in [0.2, 0.25) is 5.91 Å². The van der Waals surface area contributed by atoms with Crippen molar-refractivity contribution in [2.75, 3.05) is 18.8 Å². The Morgan fingerprint density at radius 3 is 2.76 bits per heavy atom. The van der Waals surface area contributed by atoms with Crippen LogP contribution in [0.1, 0.15) is 56.8 Å². The van der Waals surface area contributed by atoms with E-state index in [4.69, 9.17) is 4.98 Å². The van der Waals surface area contributed by atoms with Gasteiger partial charge in [-0.1, -0.05) is 19.3 Å². The number of carbonyl (C=O) groups excluding carboxylic acids is 1. The minimum absolute atomic E-state index is 0.279. The third-order valence-electron chi connectivity index (χ3n) is 5.38. The molecular weight excluding hydrogens is 332 g/mol. The van der Waals surface area contributed by atoms with E-state index in [0.29, 0.717) is 11.8 Å². The summed E-state index contributed by atoms with van der Waals surface area (Å²) in [6, 6.07) is 4.51. The number of aromatic nitrogens is 3. The quantitative estimate of drug-likeness (QED) is 0.816. The lowest BCUT2D eigenvalue weighted by Gasteiger charge is -2.25. The lowest BCUT2D eigenvalue weighted by Crippen LogP contribution is -2.29. The van der Waals surface area contributed by atoms with E-state index in [-0.39, 0.29) is 5.91 Å². The zero-order valence-electron chi connectivity index (χ0n) is 14.7. The molecule has 1 amide bonds. The molecule has 0 radical (unpaired) electrons. The fourth-order valence-corrected chi connectivity index (χ4v) is 4.93. The summed E-state index contributed by atoms with van der Waals surface area (Å²) in [6.45, 7) is 1.87. The predicted octanol–water partition coefficient (Wildman–Crippen LogP) is 3.79. The van der Waals surface area contributed by atoms with E-state index in [1.807, 2.05) is 23.2 Å². The average molecular weight is 359 g/mol. The van der Waals surface area contributed by atoms with Gasteiger partial charge in [0.05, 0.1) is 11.5 Å². The molecule has 0 bridgehead atoms. The molecule has 2 aromatic rings. The molecule has 134 valence electrons. The van der Waals surface area contributed by atoms with Crippen LogP contribution in [-0.2, 0) is 10.5 Å². The SMILES string of the molecule is O=C(CSCc1nc2cccnc2n1C1CCCCC1)N1CCCC1. The van der Waals surface area contributed by atoms with Crippen molar-refractivity contribution in [2.24, 2.45) is 0 Å². The molecule has 6 heteroatoms. The van der Waals surface area contributed by atoms with Gasteiger partial charge in [0.25, 0.3) is 0 Å². The zero-order valence-corrected chi connectivity index (χ0v) is 15.5. The van der Waals surface area contributed by atoms with Crippen molar-refractivity contribution in [3.05, 3.63) is 24.2 Å². The molecule has 1 saturated carbocycles. The summed E-state index contributed by atoms with van der Waals surface area (Å²) in [5.74, 6) is 2.70.